The van der Waals surface area contributed by atoms with Gasteiger partial charge >= 0.3 is 5.97 Å². The van der Waals surface area contributed by atoms with E-state index in [0.29, 0.717) is 22.2 Å². The molecule has 138 valence electrons. The van der Waals surface area contributed by atoms with Crippen molar-refractivity contribution in [3.63, 3.8) is 0 Å². The minimum Gasteiger partial charge on any atom is -0.462 e. The van der Waals surface area contributed by atoms with E-state index in [4.69, 9.17) is 4.74 Å². The number of carbonyl (C=O) groups excluding carboxylic acids is 2. The van der Waals surface area contributed by atoms with Gasteiger partial charge in [0.2, 0.25) is 5.91 Å². The van der Waals surface area contributed by atoms with Gasteiger partial charge in [-0.2, -0.15) is 4.68 Å². The quantitative estimate of drug-likeness (QED) is 0.694. The summed E-state index contributed by atoms with van der Waals surface area (Å²) < 4.78 is 5.98. The maximum Gasteiger partial charge on any atom is 0.338 e. The molecule has 2 aromatic carbocycles. The van der Waals surface area contributed by atoms with Crippen molar-refractivity contribution < 1.29 is 14.3 Å². The molecule has 1 N–H and O–H groups in total. The summed E-state index contributed by atoms with van der Waals surface area (Å²) in [5.41, 5.74) is 0.807. The summed E-state index contributed by atoms with van der Waals surface area (Å²) in [6.07, 6.45) is 0. The van der Waals surface area contributed by atoms with E-state index >= 15 is 0 Å². The van der Waals surface area contributed by atoms with Crippen LogP contribution in [0.3, 0.4) is 0 Å². The fraction of sp³-hybridized carbons (Fsp3) is 0.211. The highest BCUT2D eigenvalue weighted by Crippen LogP contribution is 2.14. The molecule has 3 aromatic rings. The molecule has 27 heavy (non-hydrogen) atoms. The van der Waals surface area contributed by atoms with Gasteiger partial charge in [0.15, 0.2) is 0 Å². The SMILES string of the molecule is CCOC(=O)c1cccc(NC(=O)C(C)n2nnc3ccccc3c2=O)c1. The number of fused-ring (bicyclic) bond motifs is 1. The first kappa shape index (κ1) is 18.2. The number of benzene rings is 2. The van der Waals surface area contributed by atoms with Gasteiger partial charge in [0.05, 0.1) is 17.6 Å². The predicted molar refractivity (Wildman–Crippen MR) is 99.5 cm³/mol. The van der Waals surface area contributed by atoms with E-state index in [0.717, 1.165) is 4.68 Å². The predicted octanol–water partition coefficient (Wildman–Crippen LogP) is 2.17. The van der Waals surface area contributed by atoms with Crippen molar-refractivity contribution in [2.75, 3.05) is 11.9 Å². The Balaban J connectivity index is 1.83. The van der Waals surface area contributed by atoms with E-state index in [1.807, 2.05) is 0 Å². The lowest BCUT2D eigenvalue weighted by Crippen LogP contribution is -2.34. The third-order valence-electron chi connectivity index (χ3n) is 3.98. The minimum absolute atomic E-state index is 0.260. The average Bonchev–Trinajstić information content (AvgIpc) is 2.68. The number of hydrogen-bond acceptors (Lipinski definition) is 6. The highest BCUT2D eigenvalue weighted by atomic mass is 16.5. The molecule has 0 aliphatic heterocycles. The van der Waals surface area contributed by atoms with Crippen molar-refractivity contribution in [2.24, 2.45) is 0 Å². The Morgan fingerprint density at radius 3 is 2.74 bits per heavy atom. The van der Waals surface area contributed by atoms with Gasteiger partial charge in [0.1, 0.15) is 11.6 Å². The second-order valence-electron chi connectivity index (χ2n) is 5.82. The number of anilines is 1. The van der Waals surface area contributed by atoms with Crippen molar-refractivity contribution in [3.8, 4) is 0 Å². The molecule has 0 aliphatic rings. The molecule has 0 aliphatic carbocycles. The topological polar surface area (TPSA) is 103 Å². The van der Waals surface area contributed by atoms with Gasteiger partial charge in [0.25, 0.3) is 5.56 Å². The van der Waals surface area contributed by atoms with Crippen LogP contribution in [-0.4, -0.2) is 33.5 Å². The summed E-state index contributed by atoms with van der Waals surface area (Å²) in [6, 6.07) is 12.3. The molecule has 1 heterocycles. The summed E-state index contributed by atoms with van der Waals surface area (Å²) in [6.45, 7) is 3.53. The normalized spacial score (nSPS) is 11.8. The minimum atomic E-state index is -0.888. The van der Waals surface area contributed by atoms with E-state index in [1.54, 1.807) is 56.3 Å². The van der Waals surface area contributed by atoms with Crippen molar-refractivity contribution in [1.29, 1.82) is 0 Å². The molecule has 0 spiro atoms. The van der Waals surface area contributed by atoms with Crippen molar-refractivity contribution in [2.45, 2.75) is 19.9 Å². The molecular weight excluding hydrogens is 348 g/mol. The zero-order valence-corrected chi connectivity index (χ0v) is 14.9. The third kappa shape index (κ3) is 3.84. The first-order valence-corrected chi connectivity index (χ1v) is 8.43. The van der Waals surface area contributed by atoms with Crippen LogP contribution in [0.2, 0.25) is 0 Å². The molecule has 0 saturated heterocycles. The van der Waals surface area contributed by atoms with Crippen LogP contribution in [0.15, 0.2) is 53.3 Å². The van der Waals surface area contributed by atoms with Crippen molar-refractivity contribution >= 4 is 28.5 Å². The van der Waals surface area contributed by atoms with Gasteiger partial charge in [-0.05, 0) is 44.2 Å². The van der Waals surface area contributed by atoms with Gasteiger partial charge in [-0.25, -0.2) is 4.79 Å². The van der Waals surface area contributed by atoms with E-state index in [2.05, 4.69) is 15.6 Å². The van der Waals surface area contributed by atoms with Crippen LogP contribution >= 0.6 is 0 Å². The number of aromatic nitrogens is 3. The molecule has 1 unspecified atom stereocenters. The van der Waals surface area contributed by atoms with Crippen LogP contribution in [0.25, 0.3) is 10.9 Å². The van der Waals surface area contributed by atoms with E-state index in [-0.39, 0.29) is 6.61 Å². The standard InChI is InChI=1S/C19H18N4O4/c1-3-27-19(26)13-7-6-8-14(11-13)20-17(24)12(2)23-18(25)15-9-4-5-10-16(15)21-22-23/h4-12H,3H2,1-2H3,(H,20,24). The maximum absolute atomic E-state index is 12.6. The average molecular weight is 366 g/mol. The summed E-state index contributed by atoms with van der Waals surface area (Å²) in [7, 11) is 0. The van der Waals surface area contributed by atoms with Crippen molar-refractivity contribution in [3.05, 3.63) is 64.4 Å². The summed E-state index contributed by atoms with van der Waals surface area (Å²) in [5.74, 6) is -0.930. The lowest BCUT2D eigenvalue weighted by atomic mass is 10.2. The molecule has 0 saturated carbocycles. The zero-order valence-electron chi connectivity index (χ0n) is 14.9. The maximum atomic E-state index is 12.6. The van der Waals surface area contributed by atoms with Crippen molar-refractivity contribution in [1.82, 2.24) is 15.0 Å². The van der Waals surface area contributed by atoms with Gasteiger partial charge < -0.3 is 10.1 Å². The Hall–Kier alpha value is -3.55. The van der Waals surface area contributed by atoms with Gasteiger partial charge in [-0.3, -0.25) is 9.59 Å². The van der Waals surface area contributed by atoms with E-state index < -0.39 is 23.5 Å². The number of nitrogens with one attached hydrogen (secondary N) is 1. The first-order chi connectivity index (χ1) is 13.0. The molecule has 0 radical (unpaired) electrons. The van der Waals surface area contributed by atoms with E-state index in [1.165, 1.54) is 6.07 Å². The van der Waals surface area contributed by atoms with Gasteiger partial charge in [-0.15, -0.1) is 5.10 Å². The molecule has 1 amide bonds. The largest absolute Gasteiger partial charge is 0.462 e. The Labute approximate surface area is 154 Å². The number of hydrogen-bond donors (Lipinski definition) is 1. The first-order valence-electron chi connectivity index (χ1n) is 8.43. The molecule has 8 heteroatoms. The number of amides is 1. The number of ether oxygens (including phenoxy) is 1. The lowest BCUT2D eigenvalue weighted by molar-refractivity contribution is -0.119. The molecule has 1 atom stereocenters. The molecule has 0 fully saturated rings. The Morgan fingerprint density at radius 2 is 1.96 bits per heavy atom. The fourth-order valence-electron chi connectivity index (χ4n) is 2.55. The molecular formula is C19H18N4O4. The third-order valence-corrected chi connectivity index (χ3v) is 3.98. The Morgan fingerprint density at radius 1 is 1.19 bits per heavy atom. The van der Waals surface area contributed by atoms with Crippen LogP contribution in [0.1, 0.15) is 30.2 Å². The number of nitrogens with zero attached hydrogens (tertiary/aromatic N) is 3. The highest BCUT2D eigenvalue weighted by Gasteiger charge is 2.19. The highest BCUT2D eigenvalue weighted by molar-refractivity contribution is 5.96. The smallest absolute Gasteiger partial charge is 0.338 e. The van der Waals surface area contributed by atoms with E-state index in [9.17, 15) is 14.4 Å². The van der Waals surface area contributed by atoms with Crippen LogP contribution in [0.4, 0.5) is 5.69 Å². The summed E-state index contributed by atoms with van der Waals surface area (Å²) in [5, 5.41) is 10.9. The second kappa shape index (κ2) is 7.77. The monoisotopic (exact) mass is 366 g/mol. The zero-order chi connectivity index (χ0) is 19.4. The molecule has 3 rings (SSSR count). The molecule has 8 nitrogen and oxygen atoms in total. The van der Waals surface area contributed by atoms with Gasteiger partial charge in [0, 0.05) is 5.69 Å². The number of rotatable bonds is 5. The van der Waals surface area contributed by atoms with Crippen LogP contribution < -0.4 is 10.9 Å². The number of carbonyl (C=O) groups is 2. The summed E-state index contributed by atoms with van der Waals surface area (Å²) >= 11 is 0. The van der Waals surface area contributed by atoms with Crippen LogP contribution in [-0.2, 0) is 9.53 Å². The van der Waals surface area contributed by atoms with Crippen LogP contribution in [0, 0.1) is 0 Å². The second-order valence-corrected chi connectivity index (χ2v) is 5.82. The molecule has 1 aromatic heterocycles. The van der Waals surface area contributed by atoms with Crippen LogP contribution in [0.5, 0.6) is 0 Å². The van der Waals surface area contributed by atoms with Gasteiger partial charge in [-0.1, -0.05) is 23.4 Å². The fourth-order valence-corrected chi connectivity index (χ4v) is 2.55. The summed E-state index contributed by atoms with van der Waals surface area (Å²) in [4.78, 5) is 36.9. The lowest BCUT2D eigenvalue weighted by Gasteiger charge is -2.14. The Bertz CT molecular complexity index is 1060. The number of esters is 1. The Kier molecular flexibility index (Phi) is 5.25. The molecule has 0 bridgehead atoms.